The fraction of sp³-hybridized carbons (Fsp3) is 0.538. The minimum absolute atomic E-state index is 0.135. The maximum absolute atomic E-state index is 12.1. The molecule has 0 saturated carbocycles. The molecule has 0 heterocycles. The van der Waals surface area contributed by atoms with Crippen LogP contribution >= 0.6 is 15.9 Å². The van der Waals surface area contributed by atoms with E-state index in [1.165, 1.54) is 0 Å². The third kappa shape index (κ3) is 4.80. The molecule has 0 radical (unpaired) electrons. The molecule has 0 unspecified atom stereocenters. The first-order valence-corrected chi connectivity index (χ1v) is 8.51. The number of sulfone groups is 1. The third-order valence-electron chi connectivity index (χ3n) is 2.61. The molecule has 0 fully saturated rings. The van der Waals surface area contributed by atoms with Crippen LogP contribution in [0.2, 0.25) is 0 Å². The minimum atomic E-state index is -3.06. The van der Waals surface area contributed by atoms with Crippen LogP contribution in [-0.2, 0) is 15.6 Å². The van der Waals surface area contributed by atoms with Gasteiger partial charge in [-0.3, -0.25) is 0 Å². The van der Waals surface area contributed by atoms with Gasteiger partial charge in [0.05, 0.1) is 11.5 Å². The Morgan fingerprint density at radius 2 is 1.82 bits per heavy atom. The second-order valence-corrected chi connectivity index (χ2v) is 7.88. The minimum Gasteiger partial charge on any atom is -0.228 e. The molecule has 0 saturated heterocycles. The predicted molar refractivity (Wildman–Crippen MR) is 76.2 cm³/mol. The Morgan fingerprint density at radius 1 is 1.24 bits per heavy atom. The van der Waals surface area contributed by atoms with Crippen molar-refractivity contribution in [1.29, 1.82) is 0 Å². The first-order chi connectivity index (χ1) is 7.76. The lowest BCUT2D eigenvalue weighted by molar-refractivity contribution is 0.474. The van der Waals surface area contributed by atoms with Gasteiger partial charge in [-0.05, 0) is 23.5 Å². The maximum Gasteiger partial charge on any atom is 0.155 e. The van der Waals surface area contributed by atoms with Crippen LogP contribution in [0.15, 0.2) is 24.3 Å². The highest BCUT2D eigenvalue weighted by molar-refractivity contribution is 9.09. The molecule has 0 aromatic heterocycles. The molecule has 0 N–H and O–H groups in total. The lowest BCUT2D eigenvalue weighted by Gasteiger charge is -2.21. The second kappa shape index (κ2) is 5.53. The molecule has 1 aromatic carbocycles. The molecular weight excluding hydrogens is 300 g/mol. The Bertz CT molecular complexity index is 478. The van der Waals surface area contributed by atoms with Crippen molar-refractivity contribution in [1.82, 2.24) is 0 Å². The van der Waals surface area contributed by atoms with Gasteiger partial charge in [0.2, 0.25) is 0 Å². The van der Waals surface area contributed by atoms with Crippen LogP contribution in [0.3, 0.4) is 0 Å². The van der Waals surface area contributed by atoms with E-state index in [1.807, 2.05) is 45.0 Å². The Labute approximate surface area is 112 Å². The highest BCUT2D eigenvalue weighted by Crippen LogP contribution is 2.23. The van der Waals surface area contributed by atoms with Gasteiger partial charge in [-0.2, -0.15) is 0 Å². The number of hydrogen-bond donors (Lipinski definition) is 0. The van der Waals surface area contributed by atoms with Crippen LogP contribution in [0.4, 0.5) is 0 Å². The van der Waals surface area contributed by atoms with E-state index in [4.69, 9.17) is 0 Å². The van der Waals surface area contributed by atoms with Gasteiger partial charge < -0.3 is 0 Å². The van der Waals surface area contributed by atoms with Crippen LogP contribution in [0, 0.1) is 12.3 Å². The molecule has 17 heavy (non-hydrogen) atoms. The zero-order chi connectivity index (χ0) is 13.1. The van der Waals surface area contributed by atoms with Crippen molar-refractivity contribution in [3.8, 4) is 0 Å². The summed E-state index contributed by atoms with van der Waals surface area (Å²) < 4.78 is 24.2. The molecule has 4 heteroatoms. The first kappa shape index (κ1) is 14.7. The van der Waals surface area contributed by atoms with Gasteiger partial charge in [0, 0.05) is 5.33 Å². The number of alkyl halides is 1. The molecule has 0 bridgehead atoms. The summed E-state index contributed by atoms with van der Waals surface area (Å²) in [6.45, 7) is 5.86. The highest BCUT2D eigenvalue weighted by Gasteiger charge is 2.25. The van der Waals surface area contributed by atoms with Gasteiger partial charge in [0.1, 0.15) is 0 Å². The Hall–Kier alpha value is -0.350. The fourth-order valence-corrected chi connectivity index (χ4v) is 4.35. The van der Waals surface area contributed by atoms with Crippen molar-refractivity contribution in [2.24, 2.45) is 5.41 Å². The number of hydrogen-bond acceptors (Lipinski definition) is 2. The average molecular weight is 319 g/mol. The van der Waals surface area contributed by atoms with E-state index in [0.717, 1.165) is 11.1 Å². The van der Waals surface area contributed by atoms with E-state index in [1.54, 1.807) is 0 Å². The van der Waals surface area contributed by atoms with E-state index in [2.05, 4.69) is 15.9 Å². The molecule has 0 atom stereocenters. The Kier molecular flexibility index (Phi) is 4.78. The van der Waals surface area contributed by atoms with Crippen LogP contribution in [0.5, 0.6) is 0 Å². The normalized spacial score (nSPS) is 12.7. The molecule has 96 valence electrons. The van der Waals surface area contributed by atoms with Crippen molar-refractivity contribution >= 4 is 25.8 Å². The molecular formula is C13H19BrO2S. The second-order valence-electron chi connectivity index (χ2n) is 5.26. The van der Waals surface area contributed by atoms with E-state index >= 15 is 0 Å². The van der Waals surface area contributed by atoms with Crippen molar-refractivity contribution in [3.63, 3.8) is 0 Å². The average Bonchev–Trinajstić information content (AvgIpc) is 2.20. The summed E-state index contributed by atoms with van der Waals surface area (Å²) in [5.41, 5.74) is 1.72. The van der Waals surface area contributed by atoms with Gasteiger partial charge in [0.15, 0.2) is 9.84 Å². The van der Waals surface area contributed by atoms with Crippen molar-refractivity contribution in [2.45, 2.75) is 26.5 Å². The number of aryl methyl sites for hydroxylation is 1. The van der Waals surface area contributed by atoms with E-state index in [0.29, 0.717) is 5.33 Å². The largest absolute Gasteiger partial charge is 0.228 e. The summed E-state index contributed by atoms with van der Waals surface area (Å²) in [6, 6.07) is 7.63. The summed E-state index contributed by atoms with van der Waals surface area (Å²) in [4.78, 5) is 0. The van der Waals surface area contributed by atoms with Gasteiger partial charge in [-0.25, -0.2) is 8.42 Å². The molecule has 0 spiro atoms. The lowest BCUT2D eigenvalue weighted by atomic mass is 10.0. The quantitative estimate of drug-likeness (QED) is 0.780. The van der Waals surface area contributed by atoms with Crippen molar-refractivity contribution in [3.05, 3.63) is 35.4 Å². The van der Waals surface area contributed by atoms with Gasteiger partial charge in [0.25, 0.3) is 0 Å². The van der Waals surface area contributed by atoms with E-state index in [9.17, 15) is 8.42 Å². The van der Waals surface area contributed by atoms with Gasteiger partial charge in [-0.1, -0.05) is 54.0 Å². The summed E-state index contributed by atoms with van der Waals surface area (Å²) in [5, 5.41) is 0.688. The Morgan fingerprint density at radius 3 is 2.35 bits per heavy atom. The van der Waals surface area contributed by atoms with Gasteiger partial charge >= 0.3 is 0 Å². The van der Waals surface area contributed by atoms with Crippen LogP contribution in [0.1, 0.15) is 25.0 Å². The van der Waals surface area contributed by atoms with E-state index in [-0.39, 0.29) is 16.9 Å². The summed E-state index contributed by atoms with van der Waals surface area (Å²) >= 11 is 3.36. The van der Waals surface area contributed by atoms with Crippen molar-refractivity contribution in [2.75, 3.05) is 11.1 Å². The topological polar surface area (TPSA) is 34.1 Å². The molecule has 0 aliphatic rings. The SMILES string of the molecule is Cc1ccccc1CS(=O)(=O)CC(C)(C)CBr. The van der Waals surface area contributed by atoms with Crippen LogP contribution in [0.25, 0.3) is 0 Å². The van der Waals surface area contributed by atoms with E-state index < -0.39 is 9.84 Å². The summed E-state index contributed by atoms with van der Waals surface area (Å²) in [5.74, 6) is 0.343. The third-order valence-corrected chi connectivity index (χ3v) is 6.10. The molecule has 1 rings (SSSR count). The standard InChI is InChI=1S/C13H19BrO2S/c1-11-6-4-5-7-12(11)8-17(15,16)10-13(2,3)9-14/h4-7H,8-10H2,1-3H3. The molecule has 0 amide bonds. The highest BCUT2D eigenvalue weighted by atomic mass is 79.9. The molecule has 1 aromatic rings. The zero-order valence-electron chi connectivity index (χ0n) is 10.5. The smallest absolute Gasteiger partial charge is 0.155 e. The van der Waals surface area contributed by atoms with Crippen molar-refractivity contribution < 1.29 is 8.42 Å². The molecule has 0 aliphatic carbocycles. The van der Waals surface area contributed by atoms with Gasteiger partial charge in [-0.15, -0.1) is 0 Å². The first-order valence-electron chi connectivity index (χ1n) is 5.57. The fourth-order valence-electron chi connectivity index (χ4n) is 1.69. The zero-order valence-corrected chi connectivity index (χ0v) is 12.9. The predicted octanol–water partition coefficient (Wildman–Crippen LogP) is 3.33. The monoisotopic (exact) mass is 318 g/mol. The van der Waals surface area contributed by atoms with Crippen LogP contribution in [-0.4, -0.2) is 19.5 Å². The summed E-state index contributed by atoms with van der Waals surface area (Å²) in [6.07, 6.45) is 0. The maximum atomic E-state index is 12.1. The Balaban J connectivity index is 2.85. The number of rotatable bonds is 5. The lowest BCUT2D eigenvalue weighted by Crippen LogP contribution is -2.26. The molecule has 0 aliphatic heterocycles. The number of benzene rings is 1. The number of halogens is 1. The molecule has 2 nitrogen and oxygen atoms in total. The van der Waals surface area contributed by atoms with Crippen LogP contribution < -0.4 is 0 Å². The summed E-state index contributed by atoms with van der Waals surface area (Å²) in [7, 11) is -3.06.